The van der Waals surface area contributed by atoms with E-state index < -0.39 is 0 Å². The average molecular weight is 264 g/mol. The van der Waals surface area contributed by atoms with Gasteiger partial charge in [0.1, 0.15) is 0 Å². The first kappa shape index (κ1) is 12.5. The zero-order valence-corrected chi connectivity index (χ0v) is 11.5. The molecule has 3 heteroatoms. The van der Waals surface area contributed by atoms with Crippen molar-refractivity contribution in [2.45, 2.75) is 30.8 Å². The van der Waals surface area contributed by atoms with Gasteiger partial charge in [-0.1, -0.05) is 30.3 Å². The lowest BCUT2D eigenvalue weighted by Crippen LogP contribution is -2.35. The van der Waals surface area contributed by atoms with E-state index in [4.69, 9.17) is 9.47 Å². The van der Waals surface area contributed by atoms with Crippen LogP contribution in [0.4, 0.5) is 0 Å². The Kier molecular flexibility index (Phi) is 3.92. The van der Waals surface area contributed by atoms with E-state index in [2.05, 4.69) is 30.3 Å². The predicted octanol–water partition coefficient (Wildman–Crippen LogP) is 3.46. The molecular weight excluding hydrogens is 244 g/mol. The first-order valence-electron chi connectivity index (χ1n) is 6.79. The minimum absolute atomic E-state index is 0.219. The summed E-state index contributed by atoms with van der Waals surface area (Å²) in [4.78, 5) is 0. The summed E-state index contributed by atoms with van der Waals surface area (Å²) in [6, 6.07) is 10.7. The molecular formula is C15H20O2S. The summed E-state index contributed by atoms with van der Waals surface area (Å²) >= 11 is 2.00. The van der Waals surface area contributed by atoms with Gasteiger partial charge in [-0.05, 0) is 18.4 Å². The molecule has 0 aromatic heterocycles. The molecule has 1 aromatic rings. The van der Waals surface area contributed by atoms with Gasteiger partial charge in [-0.15, -0.1) is 0 Å². The van der Waals surface area contributed by atoms with Gasteiger partial charge in [-0.2, -0.15) is 11.8 Å². The van der Waals surface area contributed by atoms with E-state index in [9.17, 15) is 0 Å². The fraction of sp³-hybridized carbons (Fsp3) is 0.600. The summed E-state index contributed by atoms with van der Waals surface area (Å²) in [6.07, 6.45) is 3.59. The highest BCUT2D eigenvalue weighted by atomic mass is 32.2. The standard InChI is InChI=1S/C15H20O2S/c1-2-5-13(6-3-1)11-18-12-14-7-4-8-15(14)16-9-10-17-15/h1-3,5-6,14H,4,7-12H2. The number of rotatable bonds is 4. The molecule has 0 N–H and O–H groups in total. The lowest BCUT2D eigenvalue weighted by Gasteiger charge is -2.29. The third-order valence-corrected chi connectivity index (χ3v) is 5.08. The van der Waals surface area contributed by atoms with Crippen molar-refractivity contribution in [3.63, 3.8) is 0 Å². The maximum atomic E-state index is 5.88. The summed E-state index contributed by atoms with van der Waals surface area (Å²) in [5.74, 6) is 2.60. The van der Waals surface area contributed by atoms with Gasteiger partial charge in [0, 0.05) is 23.8 Å². The summed E-state index contributed by atoms with van der Waals surface area (Å²) in [5.41, 5.74) is 1.41. The fourth-order valence-corrected chi connectivity index (χ4v) is 4.22. The van der Waals surface area contributed by atoms with Gasteiger partial charge in [-0.3, -0.25) is 0 Å². The molecule has 1 saturated heterocycles. The third-order valence-electron chi connectivity index (χ3n) is 3.91. The molecule has 1 aromatic carbocycles. The Labute approximate surface area is 113 Å². The highest BCUT2D eigenvalue weighted by Crippen LogP contribution is 2.43. The van der Waals surface area contributed by atoms with Crippen molar-refractivity contribution in [1.29, 1.82) is 0 Å². The average Bonchev–Trinajstić information content (AvgIpc) is 3.03. The molecule has 1 aliphatic carbocycles. The van der Waals surface area contributed by atoms with Crippen LogP contribution in [0.5, 0.6) is 0 Å². The van der Waals surface area contributed by atoms with Crippen molar-refractivity contribution in [3.8, 4) is 0 Å². The monoisotopic (exact) mass is 264 g/mol. The van der Waals surface area contributed by atoms with Crippen LogP contribution in [0.2, 0.25) is 0 Å². The lowest BCUT2D eigenvalue weighted by molar-refractivity contribution is -0.175. The Bertz CT molecular complexity index is 368. The second-order valence-corrected chi connectivity index (χ2v) is 6.13. The molecule has 1 heterocycles. The van der Waals surface area contributed by atoms with Crippen LogP contribution in [0, 0.1) is 5.92 Å². The van der Waals surface area contributed by atoms with Crippen molar-refractivity contribution in [2.75, 3.05) is 19.0 Å². The lowest BCUT2D eigenvalue weighted by atomic mass is 10.1. The molecule has 1 unspecified atom stereocenters. The van der Waals surface area contributed by atoms with Crippen LogP contribution in [0.15, 0.2) is 30.3 Å². The maximum absolute atomic E-state index is 5.88. The van der Waals surface area contributed by atoms with Crippen LogP contribution in [0.1, 0.15) is 24.8 Å². The molecule has 1 aliphatic heterocycles. The van der Waals surface area contributed by atoms with Gasteiger partial charge >= 0.3 is 0 Å². The van der Waals surface area contributed by atoms with Crippen LogP contribution < -0.4 is 0 Å². The van der Waals surface area contributed by atoms with E-state index in [0.29, 0.717) is 5.92 Å². The van der Waals surface area contributed by atoms with Crippen LogP contribution in [-0.4, -0.2) is 24.8 Å². The molecule has 1 atom stereocenters. The van der Waals surface area contributed by atoms with E-state index in [0.717, 1.165) is 31.1 Å². The molecule has 0 radical (unpaired) electrons. The largest absolute Gasteiger partial charge is 0.347 e. The smallest absolute Gasteiger partial charge is 0.172 e. The van der Waals surface area contributed by atoms with Crippen molar-refractivity contribution < 1.29 is 9.47 Å². The fourth-order valence-electron chi connectivity index (χ4n) is 2.97. The van der Waals surface area contributed by atoms with Crippen LogP contribution >= 0.6 is 11.8 Å². The van der Waals surface area contributed by atoms with Gasteiger partial charge in [0.25, 0.3) is 0 Å². The predicted molar refractivity (Wildman–Crippen MR) is 74.6 cm³/mol. The van der Waals surface area contributed by atoms with Gasteiger partial charge in [0.15, 0.2) is 5.79 Å². The van der Waals surface area contributed by atoms with Crippen LogP contribution in [0.3, 0.4) is 0 Å². The molecule has 2 aliphatic rings. The molecule has 3 rings (SSSR count). The van der Waals surface area contributed by atoms with Crippen molar-refractivity contribution in [2.24, 2.45) is 5.92 Å². The SMILES string of the molecule is c1ccc(CSCC2CCCC23OCCO3)cc1. The van der Waals surface area contributed by atoms with Gasteiger partial charge in [0.2, 0.25) is 0 Å². The minimum Gasteiger partial charge on any atom is -0.347 e. The van der Waals surface area contributed by atoms with Crippen LogP contribution in [0.25, 0.3) is 0 Å². The second-order valence-electron chi connectivity index (χ2n) is 5.10. The van der Waals surface area contributed by atoms with E-state index in [1.165, 1.54) is 18.4 Å². The van der Waals surface area contributed by atoms with Crippen LogP contribution in [-0.2, 0) is 15.2 Å². The summed E-state index contributed by atoms with van der Waals surface area (Å²) < 4.78 is 11.8. The molecule has 1 saturated carbocycles. The summed E-state index contributed by atoms with van der Waals surface area (Å²) in [7, 11) is 0. The Morgan fingerprint density at radius 2 is 1.94 bits per heavy atom. The molecule has 0 amide bonds. The minimum atomic E-state index is -0.219. The summed E-state index contributed by atoms with van der Waals surface area (Å²) in [5, 5.41) is 0. The Morgan fingerprint density at radius 1 is 1.17 bits per heavy atom. The molecule has 0 bridgehead atoms. The quantitative estimate of drug-likeness (QED) is 0.829. The van der Waals surface area contributed by atoms with Gasteiger partial charge < -0.3 is 9.47 Å². The third kappa shape index (κ3) is 2.58. The molecule has 98 valence electrons. The topological polar surface area (TPSA) is 18.5 Å². The van der Waals surface area contributed by atoms with E-state index in [1.54, 1.807) is 0 Å². The molecule has 1 spiro atoms. The van der Waals surface area contributed by atoms with E-state index >= 15 is 0 Å². The number of hydrogen-bond donors (Lipinski definition) is 0. The number of ether oxygens (including phenoxy) is 2. The first-order chi connectivity index (χ1) is 8.89. The van der Waals surface area contributed by atoms with Crippen molar-refractivity contribution >= 4 is 11.8 Å². The zero-order chi connectivity index (χ0) is 12.3. The van der Waals surface area contributed by atoms with Gasteiger partial charge in [-0.25, -0.2) is 0 Å². The highest BCUT2D eigenvalue weighted by molar-refractivity contribution is 7.98. The summed E-state index contributed by atoms with van der Waals surface area (Å²) in [6.45, 7) is 1.56. The zero-order valence-electron chi connectivity index (χ0n) is 10.6. The highest BCUT2D eigenvalue weighted by Gasteiger charge is 2.47. The maximum Gasteiger partial charge on any atom is 0.172 e. The molecule has 2 nitrogen and oxygen atoms in total. The van der Waals surface area contributed by atoms with Crippen molar-refractivity contribution in [1.82, 2.24) is 0 Å². The van der Waals surface area contributed by atoms with E-state index in [-0.39, 0.29) is 5.79 Å². The Balaban J connectivity index is 1.51. The Hall–Kier alpha value is -0.510. The normalized spacial score (nSPS) is 25.9. The number of thioether (sulfide) groups is 1. The molecule has 18 heavy (non-hydrogen) atoms. The van der Waals surface area contributed by atoms with E-state index in [1.807, 2.05) is 11.8 Å². The molecule has 2 fully saturated rings. The number of hydrogen-bond acceptors (Lipinski definition) is 3. The Morgan fingerprint density at radius 3 is 2.72 bits per heavy atom. The first-order valence-corrected chi connectivity index (χ1v) is 7.94. The number of benzene rings is 1. The van der Waals surface area contributed by atoms with Gasteiger partial charge in [0.05, 0.1) is 13.2 Å². The van der Waals surface area contributed by atoms with Crippen molar-refractivity contribution in [3.05, 3.63) is 35.9 Å². The second kappa shape index (κ2) is 5.64.